The number of aryl methyl sites for hydroxylation is 1. The highest BCUT2D eigenvalue weighted by atomic mass is 16.4. The van der Waals surface area contributed by atoms with E-state index in [1.165, 1.54) is 38.5 Å². The number of aliphatic hydroxyl groups excluding tert-OH is 1. The van der Waals surface area contributed by atoms with Crippen molar-refractivity contribution in [1.82, 2.24) is 0 Å². The van der Waals surface area contributed by atoms with Crippen LogP contribution in [0.5, 0.6) is 0 Å². The van der Waals surface area contributed by atoms with Crippen molar-refractivity contribution in [2.75, 3.05) is 0 Å². The van der Waals surface area contributed by atoms with Crippen LogP contribution in [-0.4, -0.2) is 5.11 Å². The van der Waals surface area contributed by atoms with Crippen LogP contribution < -0.4 is 0 Å². The molecular formula is C18H22O2. The first-order chi connectivity index (χ1) is 9.62. The molecule has 106 valence electrons. The Morgan fingerprint density at radius 3 is 2.25 bits per heavy atom. The van der Waals surface area contributed by atoms with Crippen LogP contribution >= 0.6 is 0 Å². The van der Waals surface area contributed by atoms with Crippen molar-refractivity contribution in [2.24, 2.45) is 23.2 Å². The van der Waals surface area contributed by atoms with Gasteiger partial charge < -0.3 is 9.52 Å². The summed E-state index contributed by atoms with van der Waals surface area (Å²) in [6, 6.07) is 3.71. The van der Waals surface area contributed by atoms with Crippen molar-refractivity contribution in [3.63, 3.8) is 0 Å². The predicted octanol–water partition coefficient (Wildman–Crippen LogP) is 3.84. The minimum atomic E-state index is -0.767. The van der Waals surface area contributed by atoms with E-state index >= 15 is 0 Å². The number of rotatable bonds is 1. The topological polar surface area (TPSA) is 33.4 Å². The maximum atomic E-state index is 10.2. The first-order valence-electron chi connectivity index (χ1n) is 7.89. The second-order valence-electron chi connectivity index (χ2n) is 7.32. The molecule has 0 amide bonds. The zero-order valence-electron chi connectivity index (χ0n) is 12.1. The molecule has 1 aromatic rings. The molecule has 0 radical (unpaired) electrons. The van der Waals surface area contributed by atoms with Crippen LogP contribution in [0.4, 0.5) is 0 Å². The number of furan rings is 1. The lowest BCUT2D eigenvalue weighted by Crippen LogP contribution is -2.45. The maximum Gasteiger partial charge on any atom is 0.172 e. The van der Waals surface area contributed by atoms with E-state index in [-0.39, 0.29) is 5.41 Å². The van der Waals surface area contributed by atoms with E-state index in [1.54, 1.807) is 0 Å². The lowest BCUT2D eigenvalue weighted by Gasteiger charge is -2.54. The molecule has 0 saturated heterocycles. The van der Waals surface area contributed by atoms with Gasteiger partial charge in [-0.1, -0.05) is 11.8 Å². The summed E-state index contributed by atoms with van der Waals surface area (Å²) in [5.41, 5.74) is 0.206. The Morgan fingerprint density at radius 1 is 1.15 bits per heavy atom. The van der Waals surface area contributed by atoms with E-state index in [2.05, 4.69) is 11.8 Å². The van der Waals surface area contributed by atoms with Gasteiger partial charge in [0.1, 0.15) is 11.5 Å². The van der Waals surface area contributed by atoms with Gasteiger partial charge in [-0.05, 0) is 75.3 Å². The third-order valence-electron chi connectivity index (χ3n) is 5.54. The van der Waals surface area contributed by atoms with Gasteiger partial charge in [-0.2, -0.15) is 0 Å². The SMILES string of the molecule is Cc1ccc([C@@H](O)C#CC23CC4CC(CC(C4)C2)C3)o1. The second kappa shape index (κ2) is 4.40. The third kappa shape index (κ3) is 2.09. The highest BCUT2D eigenvalue weighted by molar-refractivity contribution is 5.24. The zero-order chi connectivity index (χ0) is 13.7. The molecule has 4 bridgehead atoms. The summed E-state index contributed by atoms with van der Waals surface area (Å²) in [6.45, 7) is 1.89. The number of hydrogen-bond acceptors (Lipinski definition) is 2. The summed E-state index contributed by atoms with van der Waals surface area (Å²) in [7, 11) is 0. The van der Waals surface area contributed by atoms with Gasteiger partial charge in [-0.25, -0.2) is 0 Å². The third-order valence-corrected chi connectivity index (χ3v) is 5.54. The lowest BCUT2D eigenvalue weighted by atomic mass is 9.50. The molecule has 5 rings (SSSR count). The van der Waals surface area contributed by atoms with Crippen molar-refractivity contribution >= 4 is 0 Å². The molecule has 4 aliphatic carbocycles. The highest BCUT2D eigenvalue weighted by Crippen LogP contribution is 2.59. The molecule has 4 aliphatic rings. The van der Waals surface area contributed by atoms with Gasteiger partial charge in [0.2, 0.25) is 0 Å². The van der Waals surface area contributed by atoms with Gasteiger partial charge in [0.05, 0.1) is 0 Å². The highest BCUT2D eigenvalue weighted by Gasteiger charge is 2.50. The minimum absolute atomic E-state index is 0.206. The fraction of sp³-hybridized carbons (Fsp3) is 0.667. The Hall–Kier alpha value is -1.20. The van der Waals surface area contributed by atoms with Crippen LogP contribution in [0, 0.1) is 41.9 Å². The van der Waals surface area contributed by atoms with E-state index in [9.17, 15) is 5.11 Å². The molecule has 0 unspecified atom stereocenters. The Labute approximate surface area is 120 Å². The number of hydrogen-bond donors (Lipinski definition) is 1. The molecule has 0 spiro atoms. The summed E-state index contributed by atoms with van der Waals surface area (Å²) >= 11 is 0. The van der Waals surface area contributed by atoms with Crippen molar-refractivity contribution in [1.29, 1.82) is 0 Å². The molecule has 1 aromatic heterocycles. The molecule has 2 nitrogen and oxygen atoms in total. The molecule has 1 N–H and O–H groups in total. The second-order valence-corrected chi connectivity index (χ2v) is 7.32. The molecule has 2 heteroatoms. The maximum absolute atomic E-state index is 10.2. The standard InChI is InChI=1S/C18H22O2/c1-12-2-3-17(20-12)16(19)4-5-18-9-13-6-14(10-18)8-15(7-13)11-18/h2-3,13-16,19H,6-11H2,1H3/t13?,14?,15?,16-,18?/m0/s1. The van der Waals surface area contributed by atoms with Crippen molar-refractivity contribution in [3.05, 3.63) is 23.7 Å². The first kappa shape index (κ1) is 12.5. The van der Waals surface area contributed by atoms with Crippen LogP contribution in [0.1, 0.15) is 56.1 Å². The van der Waals surface area contributed by atoms with Gasteiger partial charge in [-0.15, -0.1) is 0 Å². The zero-order valence-corrected chi connectivity index (χ0v) is 12.1. The minimum Gasteiger partial charge on any atom is -0.463 e. The summed E-state index contributed by atoms with van der Waals surface area (Å²) < 4.78 is 5.46. The Kier molecular flexibility index (Phi) is 2.76. The normalized spacial score (nSPS) is 39.4. The van der Waals surface area contributed by atoms with Gasteiger partial charge >= 0.3 is 0 Å². The molecule has 1 heterocycles. The first-order valence-corrected chi connectivity index (χ1v) is 7.89. The Balaban J connectivity index is 1.55. The fourth-order valence-electron chi connectivity index (χ4n) is 5.16. The Bertz CT molecular complexity index is 536. The molecule has 1 atom stereocenters. The van der Waals surface area contributed by atoms with Crippen LogP contribution in [0.3, 0.4) is 0 Å². The lowest BCUT2D eigenvalue weighted by molar-refractivity contribution is -0.0183. The van der Waals surface area contributed by atoms with Gasteiger partial charge in [0.25, 0.3) is 0 Å². The van der Waals surface area contributed by atoms with Crippen molar-refractivity contribution in [2.45, 2.75) is 51.6 Å². The molecule has 20 heavy (non-hydrogen) atoms. The van der Waals surface area contributed by atoms with Crippen LogP contribution in [0.25, 0.3) is 0 Å². The van der Waals surface area contributed by atoms with E-state index in [0.29, 0.717) is 5.76 Å². The summed E-state index contributed by atoms with van der Waals surface area (Å²) in [5.74, 6) is 10.7. The Morgan fingerprint density at radius 2 is 1.75 bits per heavy atom. The quantitative estimate of drug-likeness (QED) is 0.787. The van der Waals surface area contributed by atoms with Crippen LogP contribution in [0.2, 0.25) is 0 Å². The summed E-state index contributed by atoms with van der Waals surface area (Å²) in [6.07, 6.45) is 7.31. The summed E-state index contributed by atoms with van der Waals surface area (Å²) in [4.78, 5) is 0. The molecule has 4 fully saturated rings. The van der Waals surface area contributed by atoms with E-state index in [0.717, 1.165) is 23.5 Å². The molecule has 0 aliphatic heterocycles. The molecule has 4 saturated carbocycles. The van der Waals surface area contributed by atoms with Crippen molar-refractivity contribution < 1.29 is 9.52 Å². The van der Waals surface area contributed by atoms with E-state index < -0.39 is 6.10 Å². The van der Waals surface area contributed by atoms with Crippen LogP contribution in [-0.2, 0) is 0 Å². The van der Waals surface area contributed by atoms with Crippen molar-refractivity contribution in [3.8, 4) is 11.8 Å². The van der Waals surface area contributed by atoms with Gasteiger partial charge in [0, 0.05) is 5.41 Å². The summed E-state index contributed by atoms with van der Waals surface area (Å²) in [5, 5.41) is 10.2. The average Bonchev–Trinajstić information content (AvgIpc) is 2.81. The van der Waals surface area contributed by atoms with Gasteiger partial charge in [-0.3, -0.25) is 0 Å². The smallest absolute Gasteiger partial charge is 0.172 e. The largest absolute Gasteiger partial charge is 0.463 e. The van der Waals surface area contributed by atoms with E-state index in [1.807, 2.05) is 19.1 Å². The average molecular weight is 270 g/mol. The fourth-order valence-corrected chi connectivity index (χ4v) is 5.16. The van der Waals surface area contributed by atoms with Crippen LogP contribution in [0.15, 0.2) is 16.5 Å². The molecular weight excluding hydrogens is 248 g/mol. The number of aliphatic hydroxyl groups is 1. The molecule has 0 aromatic carbocycles. The monoisotopic (exact) mass is 270 g/mol. The van der Waals surface area contributed by atoms with E-state index in [4.69, 9.17) is 4.42 Å². The predicted molar refractivity (Wildman–Crippen MR) is 76.8 cm³/mol. The van der Waals surface area contributed by atoms with Gasteiger partial charge in [0.15, 0.2) is 6.10 Å².